The molecule has 1 aromatic heterocycles. The van der Waals surface area contributed by atoms with Crippen molar-refractivity contribution in [3.63, 3.8) is 0 Å². The highest BCUT2D eigenvalue weighted by Gasteiger charge is 2.26. The van der Waals surface area contributed by atoms with Gasteiger partial charge in [-0.2, -0.15) is 0 Å². The number of nitrogens with two attached hydrogens (primary N) is 1. The molecule has 2 N–H and O–H groups in total. The zero-order valence-corrected chi connectivity index (χ0v) is 8.87. The van der Waals surface area contributed by atoms with Crippen LogP contribution in [0.1, 0.15) is 17.7 Å². The first kappa shape index (κ1) is 11.9. The zero-order valence-electron chi connectivity index (χ0n) is 7.28. The topological polar surface area (TPSA) is 82.0 Å². The van der Waals surface area contributed by atoms with Gasteiger partial charge in [0.1, 0.15) is 10.2 Å². The standard InChI is InChI=1S/C7H6BrF2N3O2/c8-4-2-12-5(7(9)10)3(1-11)6(4)13(14)15/h2,7H,1,11H2. The van der Waals surface area contributed by atoms with E-state index in [0.29, 0.717) is 0 Å². The molecule has 0 aliphatic carbocycles. The van der Waals surface area contributed by atoms with E-state index in [1.165, 1.54) is 0 Å². The Morgan fingerprint density at radius 1 is 1.67 bits per heavy atom. The lowest BCUT2D eigenvalue weighted by Gasteiger charge is -2.07. The molecular formula is C7H6BrF2N3O2. The molecule has 82 valence electrons. The molecule has 0 saturated carbocycles. The predicted molar refractivity (Wildman–Crippen MR) is 51.4 cm³/mol. The molecule has 0 fully saturated rings. The third-order valence-corrected chi connectivity index (χ3v) is 2.31. The van der Waals surface area contributed by atoms with Gasteiger partial charge in [0, 0.05) is 12.7 Å². The van der Waals surface area contributed by atoms with Crippen LogP contribution < -0.4 is 5.73 Å². The van der Waals surface area contributed by atoms with Gasteiger partial charge in [0.15, 0.2) is 0 Å². The molecule has 8 heteroatoms. The molecule has 1 aromatic rings. The third-order valence-electron chi connectivity index (χ3n) is 1.73. The number of alkyl halides is 2. The van der Waals surface area contributed by atoms with Crippen molar-refractivity contribution in [3.05, 3.63) is 32.0 Å². The minimum atomic E-state index is -2.88. The molecule has 1 rings (SSSR count). The summed E-state index contributed by atoms with van der Waals surface area (Å²) in [7, 11) is 0. The maximum atomic E-state index is 12.4. The highest BCUT2D eigenvalue weighted by molar-refractivity contribution is 9.10. The van der Waals surface area contributed by atoms with E-state index in [4.69, 9.17) is 5.73 Å². The Labute approximate surface area is 91.6 Å². The maximum absolute atomic E-state index is 12.4. The molecule has 0 aromatic carbocycles. The van der Waals surface area contributed by atoms with Crippen molar-refractivity contribution in [1.29, 1.82) is 0 Å². The van der Waals surface area contributed by atoms with Gasteiger partial charge in [-0.3, -0.25) is 15.1 Å². The number of aromatic nitrogens is 1. The Morgan fingerprint density at radius 2 is 2.27 bits per heavy atom. The van der Waals surface area contributed by atoms with Crippen LogP contribution in [-0.2, 0) is 6.54 Å². The Bertz CT molecular complexity index is 400. The fourth-order valence-electron chi connectivity index (χ4n) is 1.12. The van der Waals surface area contributed by atoms with Crippen LogP contribution in [0.2, 0.25) is 0 Å². The molecule has 1 heterocycles. The number of halogens is 3. The summed E-state index contributed by atoms with van der Waals surface area (Å²) in [5, 5.41) is 10.6. The fraction of sp³-hybridized carbons (Fsp3) is 0.286. The zero-order chi connectivity index (χ0) is 11.6. The molecule has 0 radical (unpaired) electrons. The van der Waals surface area contributed by atoms with E-state index in [0.717, 1.165) is 6.20 Å². The van der Waals surface area contributed by atoms with Crippen molar-refractivity contribution in [1.82, 2.24) is 4.98 Å². The second kappa shape index (κ2) is 4.58. The quantitative estimate of drug-likeness (QED) is 0.680. The van der Waals surface area contributed by atoms with Crippen LogP contribution >= 0.6 is 15.9 Å². The van der Waals surface area contributed by atoms with Crippen LogP contribution in [0, 0.1) is 10.1 Å². The molecule has 15 heavy (non-hydrogen) atoms. The van der Waals surface area contributed by atoms with Crippen LogP contribution in [-0.4, -0.2) is 9.91 Å². The van der Waals surface area contributed by atoms with Crippen molar-refractivity contribution >= 4 is 21.6 Å². The van der Waals surface area contributed by atoms with Gasteiger partial charge in [0.25, 0.3) is 12.1 Å². The first-order valence-corrected chi connectivity index (χ1v) is 4.58. The monoisotopic (exact) mass is 281 g/mol. The van der Waals surface area contributed by atoms with Crippen molar-refractivity contribution in [2.75, 3.05) is 0 Å². The maximum Gasteiger partial charge on any atom is 0.291 e. The van der Waals surface area contributed by atoms with E-state index in [-0.39, 0.29) is 16.6 Å². The molecule has 0 bridgehead atoms. The van der Waals surface area contributed by atoms with Crippen LogP contribution in [0.5, 0.6) is 0 Å². The molecule has 5 nitrogen and oxygen atoms in total. The lowest BCUT2D eigenvalue weighted by Crippen LogP contribution is -2.09. The van der Waals surface area contributed by atoms with Gasteiger partial charge in [-0.25, -0.2) is 8.78 Å². The van der Waals surface area contributed by atoms with Gasteiger partial charge >= 0.3 is 0 Å². The molecular weight excluding hydrogens is 276 g/mol. The van der Waals surface area contributed by atoms with Crippen LogP contribution in [0.4, 0.5) is 14.5 Å². The summed E-state index contributed by atoms with van der Waals surface area (Å²) in [4.78, 5) is 13.3. The average Bonchev–Trinajstić information content (AvgIpc) is 2.15. The van der Waals surface area contributed by atoms with Gasteiger partial charge < -0.3 is 5.73 Å². The Hall–Kier alpha value is -1.15. The Balaban J connectivity index is 3.47. The number of nitro groups is 1. The Morgan fingerprint density at radius 3 is 2.67 bits per heavy atom. The van der Waals surface area contributed by atoms with Crippen LogP contribution in [0.25, 0.3) is 0 Å². The molecule has 0 aliphatic rings. The average molecular weight is 282 g/mol. The van der Waals surface area contributed by atoms with Gasteiger partial charge in [0.2, 0.25) is 0 Å². The molecule has 0 spiro atoms. The van der Waals surface area contributed by atoms with E-state index < -0.39 is 22.7 Å². The van der Waals surface area contributed by atoms with Gasteiger partial charge in [-0.15, -0.1) is 0 Å². The smallest absolute Gasteiger partial charge is 0.291 e. The molecule has 0 aliphatic heterocycles. The predicted octanol–water partition coefficient (Wildman–Crippen LogP) is 2.15. The van der Waals surface area contributed by atoms with Crippen molar-refractivity contribution in [2.45, 2.75) is 13.0 Å². The summed E-state index contributed by atoms with van der Waals surface area (Å²) < 4.78 is 24.9. The first-order valence-electron chi connectivity index (χ1n) is 3.79. The van der Waals surface area contributed by atoms with E-state index in [2.05, 4.69) is 20.9 Å². The lowest BCUT2D eigenvalue weighted by atomic mass is 10.1. The van der Waals surface area contributed by atoms with Crippen molar-refractivity contribution in [2.24, 2.45) is 5.73 Å². The minimum absolute atomic E-state index is 0.0392. The first-order chi connectivity index (χ1) is 6.99. The fourth-order valence-corrected chi connectivity index (χ4v) is 1.60. The SMILES string of the molecule is NCc1c(C(F)F)ncc(Br)c1[N+](=O)[O-]. The summed E-state index contributed by atoms with van der Waals surface area (Å²) in [5.41, 5.74) is 3.85. The molecule has 0 saturated heterocycles. The van der Waals surface area contributed by atoms with Gasteiger partial charge in [0.05, 0.1) is 10.5 Å². The molecule has 0 amide bonds. The largest absolute Gasteiger partial charge is 0.326 e. The van der Waals surface area contributed by atoms with Gasteiger partial charge in [-0.1, -0.05) is 0 Å². The Kier molecular flexibility index (Phi) is 3.64. The van der Waals surface area contributed by atoms with Crippen molar-refractivity contribution in [3.8, 4) is 0 Å². The van der Waals surface area contributed by atoms with E-state index >= 15 is 0 Å². The van der Waals surface area contributed by atoms with E-state index in [9.17, 15) is 18.9 Å². The third kappa shape index (κ3) is 2.26. The van der Waals surface area contributed by atoms with E-state index in [1.54, 1.807) is 0 Å². The van der Waals surface area contributed by atoms with Crippen LogP contribution in [0.15, 0.2) is 10.7 Å². The number of hydrogen-bond acceptors (Lipinski definition) is 4. The second-order valence-electron chi connectivity index (χ2n) is 2.58. The van der Waals surface area contributed by atoms with Crippen LogP contribution in [0.3, 0.4) is 0 Å². The number of pyridine rings is 1. The number of hydrogen-bond donors (Lipinski definition) is 1. The van der Waals surface area contributed by atoms with Gasteiger partial charge in [-0.05, 0) is 15.9 Å². The summed E-state index contributed by atoms with van der Waals surface area (Å²) in [6, 6.07) is 0. The highest BCUT2D eigenvalue weighted by atomic mass is 79.9. The number of rotatable bonds is 3. The molecule has 0 atom stereocenters. The summed E-state index contributed by atoms with van der Waals surface area (Å²) in [6.45, 7) is -0.359. The minimum Gasteiger partial charge on any atom is -0.326 e. The number of nitrogens with zero attached hydrogens (tertiary/aromatic N) is 2. The summed E-state index contributed by atoms with van der Waals surface area (Å²) >= 11 is 2.87. The normalized spacial score (nSPS) is 10.7. The lowest BCUT2D eigenvalue weighted by molar-refractivity contribution is -0.386. The molecule has 0 unspecified atom stereocenters. The highest BCUT2D eigenvalue weighted by Crippen LogP contribution is 2.33. The van der Waals surface area contributed by atoms with E-state index in [1.807, 2.05) is 0 Å². The summed E-state index contributed by atoms with van der Waals surface area (Å²) in [6.07, 6.45) is -1.91. The second-order valence-corrected chi connectivity index (χ2v) is 3.43. The summed E-state index contributed by atoms with van der Waals surface area (Å²) in [5.74, 6) is 0. The van der Waals surface area contributed by atoms with Crippen molar-refractivity contribution < 1.29 is 13.7 Å².